The molecule has 0 aliphatic carbocycles. The van der Waals surface area contributed by atoms with Crippen LogP contribution in [-0.4, -0.2) is 20.4 Å². The molecule has 6 heteroatoms. The summed E-state index contributed by atoms with van der Waals surface area (Å²) in [5.41, 5.74) is 3.39. The molecule has 2 heterocycles. The van der Waals surface area contributed by atoms with E-state index >= 15 is 0 Å². The monoisotopic (exact) mass is 334 g/mol. The van der Waals surface area contributed by atoms with Crippen molar-refractivity contribution in [2.45, 2.75) is 6.92 Å². The van der Waals surface area contributed by atoms with Gasteiger partial charge in [0.1, 0.15) is 5.82 Å². The molecule has 0 unspecified atom stereocenters. The number of nitrogens with one attached hydrogen (secondary N) is 1. The van der Waals surface area contributed by atoms with E-state index in [2.05, 4.69) is 19.9 Å². The van der Waals surface area contributed by atoms with E-state index in [4.69, 9.17) is 0 Å². The summed E-state index contributed by atoms with van der Waals surface area (Å²) in [4.78, 5) is 21.0. The molecule has 0 atom stereocenters. The van der Waals surface area contributed by atoms with Gasteiger partial charge in [0.05, 0.1) is 11.0 Å². The Labute approximate surface area is 142 Å². The van der Waals surface area contributed by atoms with E-state index < -0.39 is 0 Å². The van der Waals surface area contributed by atoms with Crippen LogP contribution in [0.1, 0.15) is 16.2 Å². The number of aromatic nitrogens is 3. The highest BCUT2D eigenvalue weighted by Gasteiger charge is 2.13. The van der Waals surface area contributed by atoms with Gasteiger partial charge in [-0.15, -0.1) is 11.3 Å². The highest BCUT2D eigenvalue weighted by atomic mass is 32.1. The van der Waals surface area contributed by atoms with Crippen molar-refractivity contribution >= 4 is 33.4 Å². The van der Waals surface area contributed by atoms with Gasteiger partial charge in [0.15, 0.2) is 5.13 Å². The van der Waals surface area contributed by atoms with Gasteiger partial charge in [0, 0.05) is 22.8 Å². The van der Waals surface area contributed by atoms with E-state index in [0.717, 1.165) is 22.5 Å². The number of hydrogen-bond acceptors (Lipinski definition) is 4. The number of nitrogens with zero attached hydrogens (tertiary/aromatic N) is 3. The number of fused-ring (bicyclic) bond motifs is 1. The minimum absolute atomic E-state index is 0.182. The zero-order chi connectivity index (χ0) is 16.5. The Morgan fingerprint density at radius 2 is 2.00 bits per heavy atom. The smallest absolute Gasteiger partial charge is 0.257 e. The Balaban J connectivity index is 1.73. The maximum absolute atomic E-state index is 12.3. The van der Waals surface area contributed by atoms with Gasteiger partial charge in [-0.25, -0.2) is 9.97 Å². The quantitative estimate of drug-likeness (QED) is 0.615. The lowest BCUT2D eigenvalue weighted by Crippen LogP contribution is -2.11. The zero-order valence-corrected chi connectivity index (χ0v) is 13.7. The molecule has 4 rings (SSSR count). The first-order valence-corrected chi connectivity index (χ1v) is 8.36. The molecule has 0 saturated carbocycles. The van der Waals surface area contributed by atoms with Gasteiger partial charge >= 0.3 is 0 Å². The first-order chi connectivity index (χ1) is 11.7. The number of imidazole rings is 1. The van der Waals surface area contributed by atoms with Gasteiger partial charge in [-0.3, -0.25) is 14.7 Å². The summed E-state index contributed by atoms with van der Waals surface area (Å²) in [7, 11) is 0. The van der Waals surface area contributed by atoms with E-state index in [0.29, 0.717) is 10.7 Å². The summed E-state index contributed by atoms with van der Waals surface area (Å²) >= 11 is 1.39. The second kappa shape index (κ2) is 5.90. The topological polar surface area (TPSA) is 59.8 Å². The lowest BCUT2D eigenvalue weighted by atomic mass is 10.2. The standard InChI is InChI=1S/C18H14N4OS/c1-12-20-15-11-13(17(23)21-18-19-9-10-24-18)7-8-16(15)22(12)14-5-3-2-4-6-14/h2-11H,1H3,(H,19,21,23). The van der Waals surface area contributed by atoms with Gasteiger partial charge < -0.3 is 0 Å². The minimum atomic E-state index is -0.182. The first-order valence-electron chi connectivity index (χ1n) is 7.48. The number of carbonyl (C=O) groups is 1. The zero-order valence-electron chi connectivity index (χ0n) is 12.9. The fourth-order valence-electron chi connectivity index (χ4n) is 2.70. The summed E-state index contributed by atoms with van der Waals surface area (Å²) in [5, 5.41) is 5.20. The third kappa shape index (κ3) is 2.57. The summed E-state index contributed by atoms with van der Waals surface area (Å²) < 4.78 is 2.08. The second-order valence-electron chi connectivity index (χ2n) is 5.32. The normalized spacial score (nSPS) is 10.9. The third-order valence-corrected chi connectivity index (χ3v) is 4.44. The Kier molecular flexibility index (Phi) is 3.59. The molecule has 0 fully saturated rings. The molecule has 2 aromatic carbocycles. The molecule has 0 saturated heterocycles. The second-order valence-corrected chi connectivity index (χ2v) is 6.22. The Hall–Kier alpha value is -2.99. The van der Waals surface area contributed by atoms with Crippen LogP contribution in [0.4, 0.5) is 5.13 Å². The third-order valence-electron chi connectivity index (χ3n) is 3.75. The van der Waals surface area contributed by atoms with Crippen molar-refractivity contribution in [3.8, 4) is 5.69 Å². The number of rotatable bonds is 3. The summed E-state index contributed by atoms with van der Waals surface area (Å²) in [6.45, 7) is 1.96. The van der Waals surface area contributed by atoms with Gasteiger partial charge in [-0.05, 0) is 37.3 Å². The van der Waals surface area contributed by atoms with Crippen LogP contribution in [0.2, 0.25) is 0 Å². The molecule has 5 nitrogen and oxygen atoms in total. The van der Waals surface area contributed by atoms with Crippen LogP contribution < -0.4 is 5.32 Å². The van der Waals surface area contributed by atoms with Crippen molar-refractivity contribution in [2.24, 2.45) is 0 Å². The highest BCUT2D eigenvalue weighted by Crippen LogP contribution is 2.23. The predicted molar refractivity (Wildman–Crippen MR) is 95.9 cm³/mol. The Bertz CT molecular complexity index is 1010. The largest absolute Gasteiger partial charge is 0.298 e. The number of para-hydroxylation sites is 1. The van der Waals surface area contributed by atoms with Crippen LogP contribution in [0, 0.1) is 6.92 Å². The van der Waals surface area contributed by atoms with E-state index in [1.807, 2.05) is 60.8 Å². The molecule has 1 N–H and O–H groups in total. The van der Waals surface area contributed by atoms with Crippen LogP contribution in [0.5, 0.6) is 0 Å². The predicted octanol–water partition coefficient (Wildman–Crippen LogP) is 4.04. The number of hydrogen-bond donors (Lipinski definition) is 1. The molecule has 24 heavy (non-hydrogen) atoms. The fourth-order valence-corrected chi connectivity index (χ4v) is 3.22. The van der Waals surface area contributed by atoms with Crippen LogP contribution in [0.25, 0.3) is 16.7 Å². The van der Waals surface area contributed by atoms with Crippen molar-refractivity contribution in [3.63, 3.8) is 0 Å². The van der Waals surface area contributed by atoms with Gasteiger partial charge in [-0.1, -0.05) is 18.2 Å². The molecule has 4 aromatic rings. The maximum atomic E-state index is 12.3. The summed E-state index contributed by atoms with van der Waals surface area (Å²) in [6.07, 6.45) is 1.66. The molecule has 0 bridgehead atoms. The fraction of sp³-hybridized carbons (Fsp3) is 0.0556. The van der Waals surface area contributed by atoms with Crippen molar-refractivity contribution in [3.05, 3.63) is 71.5 Å². The van der Waals surface area contributed by atoms with E-state index in [1.54, 1.807) is 6.20 Å². The average Bonchev–Trinajstić information content (AvgIpc) is 3.21. The molecule has 0 aliphatic heterocycles. The molecular weight excluding hydrogens is 320 g/mol. The SMILES string of the molecule is Cc1nc2cc(C(=O)Nc3nccs3)ccc2n1-c1ccccc1. The minimum Gasteiger partial charge on any atom is -0.298 e. The Morgan fingerprint density at radius 1 is 1.17 bits per heavy atom. The lowest BCUT2D eigenvalue weighted by Gasteiger charge is -2.07. The number of aryl methyl sites for hydroxylation is 1. The lowest BCUT2D eigenvalue weighted by molar-refractivity contribution is 0.102. The van der Waals surface area contributed by atoms with Crippen molar-refractivity contribution in [1.82, 2.24) is 14.5 Å². The number of thiazole rings is 1. The highest BCUT2D eigenvalue weighted by molar-refractivity contribution is 7.13. The summed E-state index contributed by atoms with van der Waals surface area (Å²) in [5.74, 6) is 0.701. The van der Waals surface area contributed by atoms with Crippen LogP contribution in [0.3, 0.4) is 0 Å². The van der Waals surface area contributed by atoms with Gasteiger partial charge in [-0.2, -0.15) is 0 Å². The van der Waals surface area contributed by atoms with E-state index in [9.17, 15) is 4.79 Å². The van der Waals surface area contributed by atoms with Crippen LogP contribution in [-0.2, 0) is 0 Å². The molecule has 0 spiro atoms. The van der Waals surface area contributed by atoms with E-state index in [-0.39, 0.29) is 5.91 Å². The first kappa shape index (κ1) is 14.6. The molecular formula is C18H14N4OS. The van der Waals surface area contributed by atoms with E-state index in [1.165, 1.54) is 11.3 Å². The average molecular weight is 334 g/mol. The molecule has 1 amide bonds. The Morgan fingerprint density at radius 3 is 2.75 bits per heavy atom. The molecule has 118 valence electrons. The van der Waals surface area contributed by atoms with Crippen molar-refractivity contribution in [1.29, 1.82) is 0 Å². The van der Waals surface area contributed by atoms with Crippen molar-refractivity contribution < 1.29 is 4.79 Å². The number of amides is 1. The number of benzene rings is 2. The van der Waals surface area contributed by atoms with Crippen LogP contribution in [0.15, 0.2) is 60.1 Å². The van der Waals surface area contributed by atoms with Crippen LogP contribution >= 0.6 is 11.3 Å². The summed E-state index contributed by atoms with van der Waals surface area (Å²) in [6, 6.07) is 15.6. The number of carbonyl (C=O) groups excluding carboxylic acids is 1. The van der Waals surface area contributed by atoms with Gasteiger partial charge in [0.2, 0.25) is 0 Å². The molecule has 0 radical (unpaired) electrons. The number of anilines is 1. The van der Waals surface area contributed by atoms with Crippen molar-refractivity contribution in [2.75, 3.05) is 5.32 Å². The van der Waals surface area contributed by atoms with Gasteiger partial charge in [0.25, 0.3) is 5.91 Å². The molecule has 2 aromatic heterocycles. The molecule has 0 aliphatic rings. The maximum Gasteiger partial charge on any atom is 0.257 e.